The lowest BCUT2D eigenvalue weighted by atomic mass is 10.2. The van der Waals surface area contributed by atoms with Gasteiger partial charge in [0.25, 0.3) is 0 Å². The van der Waals surface area contributed by atoms with E-state index in [-0.39, 0.29) is 5.75 Å². The Morgan fingerprint density at radius 3 is 1.38 bits per heavy atom. The Bertz CT molecular complexity index is 691. The fourth-order valence-electron chi connectivity index (χ4n) is 2.30. The predicted molar refractivity (Wildman–Crippen MR) is 106 cm³/mol. The number of methoxy groups -OCH3 is 2. The number of ether oxygens (including phenoxy) is 2. The normalized spacial score (nSPS) is 10.8. The smallest absolute Gasteiger partial charge is 0.214 e. The average Bonchev–Trinajstić information content (AvgIpc) is 2.70. The molecule has 0 heterocycles. The third kappa shape index (κ3) is 6.35. The maximum atomic E-state index is 12.4. The third-order valence-corrected chi connectivity index (χ3v) is 5.57. The van der Waals surface area contributed by atoms with Crippen LogP contribution in [0.4, 0.5) is 0 Å². The lowest BCUT2D eigenvalue weighted by Crippen LogP contribution is -2.31. The molecule has 0 saturated heterocycles. The van der Waals surface area contributed by atoms with Crippen molar-refractivity contribution in [3.63, 3.8) is 0 Å². The first-order chi connectivity index (χ1) is 12.5. The van der Waals surface area contributed by atoms with Gasteiger partial charge in [-0.25, -0.2) is 8.42 Å². The van der Waals surface area contributed by atoms with Crippen molar-refractivity contribution >= 4 is 10.0 Å². The van der Waals surface area contributed by atoms with E-state index in [1.165, 1.54) is 4.31 Å². The lowest BCUT2D eigenvalue weighted by Gasteiger charge is -2.22. The van der Waals surface area contributed by atoms with Gasteiger partial charge in [-0.3, -0.25) is 0 Å². The van der Waals surface area contributed by atoms with Gasteiger partial charge in [0.15, 0.2) is 0 Å². The fraction of sp³-hybridized carbons (Fsp3) is 0.400. The molecule has 0 bridgehead atoms. The lowest BCUT2D eigenvalue weighted by molar-refractivity contribution is 0.398. The molecule has 144 valence electrons. The summed E-state index contributed by atoms with van der Waals surface area (Å²) in [7, 11) is -0.110. The Morgan fingerprint density at radius 2 is 1.12 bits per heavy atom. The van der Waals surface area contributed by atoms with Crippen molar-refractivity contribution in [2.24, 2.45) is 0 Å². The summed E-state index contributed by atoms with van der Waals surface area (Å²) in [4.78, 5) is 0. The van der Waals surface area contributed by atoms with Crippen LogP contribution in [-0.2, 0) is 23.1 Å². The molecule has 0 aromatic heterocycles. The number of benzene rings is 2. The zero-order valence-corrected chi connectivity index (χ0v) is 17.0. The first-order valence-corrected chi connectivity index (χ1v) is 10.3. The summed E-state index contributed by atoms with van der Waals surface area (Å²) in [6.07, 6.45) is 0. The van der Waals surface area contributed by atoms with E-state index in [9.17, 15) is 8.42 Å². The molecule has 0 amide bonds. The Kier molecular flexibility index (Phi) is 9.16. The van der Waals surface area contributed by atoms with Crippen molar-refractivity contribution < 1.29 is 17.9 Å². The van der Waals surface area contributed by atoms with Crippen molar-refractivity contribution in [2.45, 2.75) is 33.9 Å². The molecule has 0 saturated carbocycles. The zero-order chi connectivity index (χ0) is 19.6. The summed E-state index contributed by atoms with van der Waals surface area (Å²) in [5.41, 5.74) is 1.84. The fourth-order valence-corrected chi connectivity index (χ4v) is 3.36. The van der Waals surface area contributed by atoms with E-state index < -0.39 is 10.0 Å². The molecule has 5 nitrogen and oxygen atoms in total. The largest absolute Gasteiger partial charge is 0.497 e. The van der Waals surface area contributed by atoms with Crippen LogP contribution < -0.4 is 9.47 Å². The molecule has 0 aliphatic heterocycles. The summed E-state index contributed by atoms with van der Waals surface area (Å²) in [6.45, 7) is 6.31. The molecule has 0 unspecified atom stereocenters. The second-order valence-electron chi connectivity index (χ2n) is 5.36. The van der Waals surface area contributed by atoms with E-state index in [0.717, 1.165) is 22.6 Å². The van der Waals surface area contributed by atoms with Crippen molar-refractivity contribution in [3.8, 4) is 11.5 Å². The molecule has 2 aromatic rings. The molecular formula is C20H29NO4S. The quantitative estimate of drug-likeness (QED) is 0.693. The monoisotopic (exact) mass is 379 g/mol. The molecular weight excluding hydrogens is 350 g/mol. The summed E-state index contributed by atoms with van der Waals surface area (Å²) in [5.74, 6) is 1.57. The van der Waals surface area contributed by atoms with Gasteiger partial charge in [0, 0.05) is 13.1 Å². The first kappa shape index (κ1) is 22.0. The van der Waals surface area contributed by atoms with Crippen LogP contribution >= 0.6 is 0 Å². The molecule has 2 rings (SSSR count). The Balaban J connectivity index is 0.00000163. The van der Waals surface area contributed by atoms with Crippen molar-refractivity contribution in [1.82, 2.24) is 4.31 Å². The average molecular weight is 380 g/mol. The zero-order valence-electron chi connectivity index (χ0n) is 16.2. The van der Waals surface area contributed by atoms with Gasteiger partial charge in [-0.2, -0.15) is 4.31 Å². The highest BCUT2D eigenvalue weighted by Gasteiger charge is 2.20. The molecule has 2 aromatic carbocycles. The second-order valence-corrected chi connectivity index (χ2v) is 7.62. The van der Waals surface area contributed by atoms with Gasteiger partial charge in [0.1, 0.15) is 11.5 Å². The molecule has 26 heavy (non-hydrogen) atoms. The maximum absolute atomic E-state index is 12.4. The SMILES string of the molecule is CC.CCS(=O)(=O)N(Cc1ccc(OC)cc1)Cc1ccc(OC)cc1. The minimum absolute atomic E-state index is 0.0688. The number of hydrogen-bond donors (Lipinski definition) is 0. The summed E-state index contributed by atoms with van der Waals surface area (Å²) < 4.78 is 36.6. The Morgan fingerprint density at radius 1 is 0.769 bits per heavy atom. The molecule has 6 heteroatoms. The van der Waals surface area contributed by atoms with Gasteiger partial charge in [0.05, 0.1) is 20.0 Å². The molecule has 0 fully saturated rings. The van der Waals surface area contributed by atoms with E-state index in [1.807, 2.05) is 62.4 Å². The van der Waals surface area contributed by atoms with Crippen molar-refractivity contribution in [2.75, 3.05) is 20.0 Å². The molecule has 0 N–H and O–H groups in total. The van der Waals surface area contributed by atoms with E-state index in [1.54, 1.807) is 21.1 Å². The molecule has 0 spiro atoms. The van der Waals surface area contributed by atoms with Crippen LogP contribution in [0.15, 0.2) is 48.5 Å². The van der Waals surface area contributed by atoms with Crippen LogP contribution in [0.2, 0.25) is 0 Å². The predicted octanol–water partition coefficient (Wildman–Crippen LogP) is 4.08. The Labute approximate surface area is 157 Å². The minimum atomic E-state index is -3.32. The van der Waals surface area contributed by atoms with Crippen LogP contribution in [-0.4, -0.2) is 32.7 Å². The van der Waals surface area contributed by atoms with E-state index >= 15 is 0 Å². The number of nitrogens with zero attached hydrogens (tertiary/aromatic N) is 1. The number of hydrogen-bond acceptors (Lipinski definition) is 4. The van der Waals surface area contributed by atoms with E-state index in [4.69, 9.17) is 9.47 Å². The van der Waals surface area contributed by atoms with Crippen LogP contribution in [0.25, 0.3) is 0 Å². The van der Waals surface area contributed by atoms with Gasteiger partial charge < -0.3 is 9.47 Å². The highest BCUT2D eigenvalue weighted by Crippen LogP contribution is 2.19. The molecule has 0 radical (unpaired) electrons. The van der Waals surface area contributed by atoms with E-state index in [2.05, 4.69) is 0 Å². The molecule has 0 atom stereocenters. The van der Waals surface area contributed by atoms with Crippen LogP contribution in [0, 0.1) is 0 Å². The first-order valence-electron chi connectivity index (χ1n) is 8.72. The van der Waals surface area contributed by atoms with Gasteiger partial charge in [0.2, 0.25) is 10.0 Å². The Hall–Kier alpha value is -2.05. The summed E-state index contributed by atoms with van der Waals surface area (Å²) >= 11 is 0. The molecule has 0 aliphatic carbocycles. The van der Waals surface area contributed by atoms with Gasteiger partial charge in [-0.15, -0.1) is 0 Å². The molecule has 0 aliphatic rings. The van der Waals surface area contributed by atoms with Crippen molar-refractivity contribution in [3.05, 3.63) is 59.7 Å². The van der Waals surface area contributed by atoms with Gasteiger partial charge in [-0.1, -0.05) is 38.1 Å². The highest BCUT2D eigenvalue weighted by atomic mass is 32.2. The van der Waals surface area contributed by atoms with Crippen LogP contribution in [0.5, 0.6) is 11.5 Å². The summed E-state index contributed by atoms with van der Waals surface area (Å²) in [5, 5.41) is 0. The second kappa shape index (κ2) is 10.8. The van der Waals surface area contributed by atoms with Crippen LogP contribution in [0.1, 0.15) is 31.9 Å². The minimum Gasteiger partial charge on any atom is -0.497 e. The topological polar surface area (TPSA) is 55.8 Å². The van der Waals surface area contributed by atoms with Crippen molar-refractivity contribution in [1.29, 1.82) is 0 Å². The number of rotatable bonds is 8. The standard InChI is InChI=1S/C18H23NO4S.C2H6/c1-4-24(20,21)19(13-15-5-9-17(22-2)10-6-15)14-16-7-11-18(23-3)12-8-16;1-2/h5-12H,4,13-14H2,1-3H3;1-2H3. The number of sulfonamides is 1. The summed E-state index contributed by atoms with van der Waals surface area (Å²) in [6, 6.07) is 14.9. The van der Waals surface area contributed by atoms with Gasteiger partial charge in [-0.05, 0) is 42.3 Å². The van der Waals surface area contributed by atoms with E-state index in [0.29, 0.717) is 13.1 Å². The maximum Gasteiger partial charge on any atom is 0.214 e. The van der Waals surface area contributed by atoms with Gasteiger partial charge >= 0.3 is 0 Å². The highest BCUT2D eigenvalue weighted by molar-refractivity contribution is 7.89. The van der Waals surface area contributed by atoms with Crippen LogP contribution in [0.3, 0.4) is 0 Å². The third-order valence-electron chi connectivity index (χ3n) is 3.79.